The molecule has 258 valence electrons. The van der Waals surface area contributed by atoms with Gasteiger partial charge in [-0.25, -0.2) is 28.5 Å². The van der Waals surface area contributed by atoms with Crippen LogP contribution in [0.2, 0.25) is 0 Å². The Kier molecular flexibility index (Phi) is 9.69. The summed E-state index contributed by atoms with van der Waals surface area (Å²) in [7, 11) is -2.79. The van der Waals surface area contributed by atoms with Crippen LogP contribution in [0, 0.1) is 23.0 Å². The zero-order valence-corrected chi connectivity index (χ0v) is 28.1. The van der Waals surface area contributed by atoms with Crippen LogP contribution in [0.15, 0.2) is 47.8 Å². The van der Waals surface area contributed by atoms with Gasteiger partial charge in [0.1, 0.15) is 28.9 Å². The van der Waals surface area contributed by atoms with E-state index in [0.717, 1.165) is 27.1 Å². The molecule has 1 N–H and O–H groups in total. The summed E-state index contributed by atoms with van der Waals surface area (Å²) in [5, 5.41) is 9.28. The lowest BCUT2D eigenvalue weighted by Crippen LogP contribution is -2.50. The minimum Gasteiger partial charge on any atom is -0.450 e. The van der Waals surface area contributed by atoms with Gasteiger partial charge in [-0.2, -0.15) is 18.0 Å². The number of nitrogens with one attached hydrogen (secondary N) is 1. The highest BCUT2D eigenvalue weighted by atomic mass is 32.2. The normalized spacial score (nSPS) is 13.8. The number of amides is 1. The number of hydrogen-bond acceptors (Lipinski definition) is 11. The molecule has 0 saturated carbocycles. The average molecular weight is 698 g/mol. The van der Waals surface area contributed by atoms with Crippen LogP contribution in [-0.2, 0) is 14.9 Å². The molecular formula is C31H33F2N9O6S. The molecule has 0 radical (unpaired) electrons. The van der Waals surface area contributed by atoms with E-state index in [1.54, 1.807) is 38.7 Å². The number of nitrogens with zero attached hydrogens (tertiary/aromatic N) is 8. The summed E-state index contributed by atoms with van der Waals surface area (Å²) in [6.07, 6.45) is 3.51. The Morgan fingerprint density at radius 2 is 1.76 bits per heavy atom. The Morgan fingerprint density at radius 1 is 1.08 bits per heavy atom. The number of piperazine rings is 1. The van der Waals surface area contributed by atoms with Gasteiger partial charge >= 0.3 is 16.3 Å². The number of ether oxygens (including phenoxy) is 2. The van der Waals surface area contributed by atoms with Gasteiger partial charge in [-0.1, -0.05) is 6.92 Å². The molecule has 0 unspecified atom stereocenters. The van der Waals surface area contributed by atoms with Gasteiger partial charge in [0.15, 0.2) is 23.1 Å². The van der Waals surface area contributed by atoms with Crippen molar-refractivity contribution in [3.05, 3.63) is 70.5 Å². The number of nitriles is 1. The first-order valence-corrected chi connectivity index (χ1v) is 16.5. The maximum absolute atomic E-state index is 15.9. The summed E-state index contributed by atoms with van der Waals surface area (Å²) in [6, 6.07) is 5.98. The molecule has 1 saturated heterocycles. The molecule has 1 amide bonds. The zero-order chi connectivity index (χ0) is 35.7. The van der Waals surface area contributed by atoms with Crippen molar-refractivity contribution in [1.82, 2.24) is 28.7 Å². The molecule has 49 heavy (non-hydrogen) atoms. The Labute approximate surface area is 280 Å². The second-order valence-electron chi connectivity index (χ2n) is 11.9. The van der Waals surface area contributed by atoms with Gasteiger partial charge < -0.3 is 19.3 Å². The Hall–Kier alpha value is -5.41. The molecule has 0 bridgehead atoms. The summed E-state index contributed by atoms with van der Waals surface area (Å²) >= 11 is 0. The summed E-state index contributed by atoms with van der Waals surface area (Å²) in [4.78, 5) is 42.3. The van der Waals surface area contributed by atoms with E-state index in [4.69, 9.17) is 9.47 Å². The number of carbonyl (C=O) groups excluding carboxylic acids is 1. The highest BCUT2D eigenvalue weighted by Gasteiger charge is 2.27. The van der Waals surface area contributed by atoms with E-state index in [0.29, 0.717) is 32.1 Å². The SMILES string of the molecule is CCN(C)S(=O)(=O)Nc1ccc(F)c(Oc2ccc3ncn(-c4cnc(N5CCN(C(=O)OC(C)(C)C)CC5)nc4)c(=O)c3c2F)c1C#N. The third kappa shape index (κ3) is 7.37. The molecule has 1 aliphatic heterocycles. The molecule has 0 spiro atoms. The zero-order valence-electron chi connectivity index (χ0n) is 27.3. The first-order valence-electron chi connectivity index (χ1n) is 15.0. The van der Waals surface area contributed by atoms with Gasteiger partial charge in [0.05, 0.1) is 29.3 Å². The molecule has 15 nitrogen and oxygen atoms in total. The molecule has 3 heterocycles. The number of carbonyl (C=O) groups is 1. The lowest BCUT2D eigenvalue weighted by molar-refractivity contribution is 0.0240. The summed E-state index contributed by atoms with van der Waals surface area (Å²) in [5.74, 6) is -3.26. The quantitative estimate of drug-likeness (QED) is 0.284. The van der Waals surface area contributed by atoms with Crippen molar-refractivity contribution >= 4 is 38.8 Å². The van der Waals surface area contributed by atoms with Crippen molar-refractivity contribution in [3.8, 4) is 23.3 Å². The van der Waals surface area contributed by atoms with Gasteiger partial charge in [0.2, 0.25) is 5.95 Å². The Morgan fingerprint density at radius 3 is 2.37 bits per heavy atom. The van der Waals surface area contributed by atoms with Gasteiger partial charge in [-0.05, 0) is 45.0 Å². The fourth-order valence-corrected chi connectivity index (χ4v) is 5.72. The van der Waals surface area contributed by atoms with E-state index >= 15 is 4.39 Å². The van der Waals surface area contributed by atoms with Crippen LogP contribution >= 0.6 is 0 Å². The van der Waals surface area contributed by atoms with Crippen LogP contribution in [0.1, 0.15) is 33.3 Å². The summed E-state index contributed by atoms with van der Waals surface area (Å²) in [6.45, 7) is 8.78. The molecule has 5 rings (SSSR count). The third-order valence-corrected chi connectivity index (χ3v) is 9.03. The van der Waals surface area contributed by atoms with Crippen molar-refractivity contribution in [2.45, 2.75) is 33.3 Å². The van der Waals surface area contributed by atoms with E-state index in [2.05, 4.69) is 19.7 Å². The second kappa shape index (κ2) is 13.6. The highest BCUT2D eigenvalue weighted by molar-refractivity contribution is 7.90. The molecular weight excluding hydrogens is 664 g/mol. The van der Waals surface area contributed by atoms with Gasteiger partial charge in [0, 0.05) is 39.8 Å². The van der Waals surface area contributed by atoms with E-state index in [-0.39, 0.29) is 23.4 Å². The maximum Gasteiger partial charge on any atom is 0.410 e. The molecule has 4 aromatic rings. The van der Waals surface area contributed by atoms with Crippen molar-refractivity contribution in [1.29, 1.82) is 5.26 Å². The number of fused-ring (bicyclic) bond motifs is 1. The Balaban J connectivity index is 1.40. The maximum atomic E-state index is 15.9. The topological polar surface area (TPSA) is 176 Å². The summed E-state index contributed by atoms with van der Waals surface area (Å²) < 4.78 is 71.1. The highest BCUT2D eigenvalue weighted by Crippen LogP contribution is 2.36. The van der Waals surface area contributed by atoms with Gasteiger partial charge in [0.25, 0.3) is 5.56 Å². The lowest BCUT2D eigenvalue weighted by atomic mass is 10.1. The molecule has 1 fully saturated rings. The first-order chi connectivity index (χ1) is 23.1. The number of rotatable bonds is 8. The minimum atomic E-state index is -4.10. The molecule has 2 aromatic carbocycles. The van der Waals surface area contributed by atoms with Crippen molar-refractivity contribution in [2.75, 3.05) is 49.4 Å². The fraction of sp³-hybridized carbons (Fsp3) is 0.355. The molecule has 2 aromatic heterocycles. The van der Waals surface area contributed by atoms with E-state index in [1.807, 2.05) is 4.90 Å². The lowest BCUT2D eigenvalue weighted by Gasteiger charge is -2.35. The second-order valence-corrected chi connectivity index (χ2v) is 13.7. The smallest absolute Gasteiger partial charge is 0.410 e. The minimum absolute atomic E-state index is 0.0309. The molecule has 0 aliphatic carbocycles. The standard InChI is InChI=1S/C31H33F2N9O6S/c1-6-39(5)49(45,46)38-22-8-7-21(32)27(20(22)15-34)47-24-10-9-23-25(26(24)33)28(43)42(18-37-23)19-16-35-29(36-17-19)40-11-13-41(14-12-40)30(44)48-31(2,3)4/h7-10,16-18,38H,6,11-14H2,1-5H3. The first kappa shape index (κ1) is 34.9. The summed E-state index contributed by atoms with van der Waals surface area (Å²) in [5.41, 5.74) is -2.15. The molecule has 18 heteroatoms. The number of anilines is 2. The van der Waals surface area contributed by atoms with Crippen LogP contribution in [0.5, 0.6) is 11.5 Å². The largest absolute Gasteiger partial charge is 0.450 e. The van der Waals surface area contributed by atoms with Crippen LogP contribution in [0.4, 0.5) is 25.2 Å². The Bertz CT molecular complexity index is 2110. The predicted octanol–water partition coefficient (Wildman–Crippen LogP) is 3.78. The van der Waals surface area contributed by atoms with E-state index in [9.17, 15) is 27.7 Å². The third-order valence-electron chi connectivity index (χ3n) is 7.47. The predicted molar refractivity (Wildman–Crippen MR) is 175 cm³/mol. The fourth-order valence-electron chi connectivity index (χ4n) is 4.78. The molecule has 0 atom stereocenters. The van der Waals surface area contributed by atoms with Crippen molar-refractivity contribution in [2.24, 2.45) is 0 Å². The van der Waals surface area contributed by atoms with Crippen LogP contribution in [0.25, 0.3) is 16.6 Å². The van der Waals surface area contributed by atoms with E-state index < -0.39 is 61.5 Å². The van der Waals surface area contributed by atoms with Crippen LogP contribution in [-0.4, -0.2) is 88.6 Å². The van der Waals surface area contributed by atoms with Crippen LogP contribution < -0.4 is 19.9 Å². The number of halogens is 2. The molecule has 1 aliphatic rings. The van der Waals surface area contributed by atoms with Crippen molar-refractivity contribution < 1.29 is 31.5 Å². The average Bonchev–Trinajstić information content (AvgIpc) is 3.06. The van der Waals surface area contributed by atoms with E-state index in [1.165, 1.54) is 31.8 Å². The van der Waals surface area contributed by atoms with Crippen molar-refractivity contribution in [3.63, 3.8) is 0 Å². The van der Waals surface area contributed by atoms with Gasteiger partial charge in [-0.15, -0.1) is 0 Å². The number of hydrogen-bond donors (Lipinski definition) is 1. The van der Waals surface area contributed by atoms with Crippen LogP contribution in [0.3, 0.4) is 0 Å². The number of aromatic nitrogens is 4. The van der Waals surface area contributed by atoms with Gasteiger partial charge in [-0.3, -0.25) is 14.1 Å². The number of benzene rings is 2. The monoisotopic (exact) mass is 697 g/mol.